The molecule has 0 unspecified atom stereocenters. The number of hydrogen-bond donors (Lipinski definition) is 3. The molecule has 0 spiro atoms. The summed E-state index contributed by atoms with van der Waals surface area (Å²) in [5.74, 6) is 0.689. The zero-order valence-corrected chi connectivity index (χ0v) is 15.9. The molecule has 28 heavy (non-hydrogen) atoms. The predicted octanol–water partition coefficient (Wildman–Crippen LogP) is 3.38. The highest BCUT2D eigenvalue weighted by atomic mass is 16.7. The summed E-state index contributed by atoms with van der Waals surface area (Å²) in [5.41, 5.74) is 3.59. The van der Waals surface area contributed by atoms with E-state index in [0.717, 1.165) is 16.8 Å². The first kappa shape index (κ1) is 19.2. The van der Waals surface area contributed by atoms with Crippen LogP contribution in [0.25, 0.3) is 22.4 Å². The molecule has 9 nitrogen and oxygen atoms in total. The maximum Gasteiger partial charge on any atom is 0.508 e. The Hall–Kier alpha value is -3.62. The van der Waals surface area contributed by atoms with Gasteiger partial charge in [-0.2, -0.15) is 0 Å². The molecule has 0 fully saturated rings. The second kappa shape index (κ2) is 8.38. The zero-order valence-electron chi connectivity index (χ0n) is 15.9. The fraction of sp³-hybridized carbons (Fsp3) is 0.263. The van der Waals surface area contributed by atoms with E-state index in [2.05, 4.69) is 20.3 Å². The maximum atomic E-state index is 11.4. The molecule has 3 aromatic rings. The summed E-state index contributed by atoms with van der Waals surface area (Å²) >= 11 is 0. The zero-order chi connectivity index (χ0) is 20.1. The average Bonchev–Trinajstić information content (AvgIpc) is 3.15. The fourth-order valence-corrected chi connectivity index (χ4v) is 2.72. The van der Waals surface area contributed by atoms with Gasteiger partial charge in [0, 0.05) is 25.5 Å². The summed E-state index contributed by atoms with van der Waals surface area (Å²) in [6, 6.07) is 9.29. The van der Waals surface area contributed by atoms with Crippen molar-refractivity contribution in [2.24, 2.45) is 0 Å². The number of ether oxygens (including phenoxy) is 2. The minimum absolute atomic E-state index is 0.0246. The molecule has 146 valence electrons. The van der Waals surface area contributed by atoms with E-state index in [4.69, 9.17) is 14.9 Å². The smallest absolute Gasteiger partial charge is 0.435 e. The summed E-state index contributed by atoms with van der Waals surface area (Å²) in [6.07, 6.45) is 0.523. The quantitative estimate of drug-likeness (QED) is 0.326. The van der Waals surface area contributed by atoms with Gasteiger partial charge in [-0.1, -0.05) is 6.07 Å². The minimum atomic E-state index is -0.719. The highest BCUT2D eigenvalue weighted by molar-refractivity contribution is 5.99. The molecular weight excluding hydrogens is 360 g/mol. The Morgan fingerprint density at radius 3 is 2.86 bits per heavy atom. The van der Waals surface area contributed by atoms with Crippen molar-refractivity contribution in [2.75, 3.05) is 30.9 Å². The average molecular weight is 382 g/mol. The number of rotatable bonds is 7. The highest BCUT2D eigenvalue weighted by Gasteiger charge is 2.14. The molecule has 0 aliphatic rings. The molecule has 0 bridgehead atoms. The van der Waals surface area contributed by atoms with Crippen molar-refractivity contribution in [1.29, 1.82) is 5.41 Å². The molecule has 0 aliphatic heterocycles. The Kier molecular flexibility index (Phi) is 5.73. The summed E-state index contributed by atoms with van der Waals surface area (Å²) in [6.45, 7) is 2.00. The van der Waals surface area contributed by atoms with E-state index in [-0.39, 0.29) is 13.2 Å². The van der Waals surface area contributed by atoms with Crippen LogP contribution in [0.1, 0.15) is 12.6 Å². The number of aromatic nitrogens is 3. The van der Waals surface area contributed by atoms with Crippen LogP contribution in [0.15, 0.2) is 30.3 Å². The first-order valence-corrected chi connectivity index (χ1v) is 8.76. The third-order valence-corrected chi connectivity index (χ3v) is 4.09. The van der Waals surface area contributed by atoms with Gasteiger partial charge in [-0.15, -0.1) is 0 Å². The molecule has 3 N–H and O–H groups in total. The number of anilines is 2. The number of pyridine rings is 2. The summed E-state index contributed by atoms with van der Waals surface area (Å²) in [4.78, 5) is 25.4. The monoisotopic (exact) mass is 382 g/mol. The lowest BCUT2D eigenvalue weighted by molar-refractivity contribution is 0.0527. The van der Waals surface area contributed by atoms with Crippen LogP contribution in [0, 0.1) is 5.41 Å². The molecule has 3 aromatic heterocycles. The van der Waals surface area contributed by atoms with E-state index >= 15 is 0 Å². The van der Waals surface area contributed by atoms with Gasteiger partial charge < -0.3 is 24.7 Å². The van der Waals surface area contributed by atoms with Gasteiger partial charge in [0.2, 0.25) is 0 Å². The van der Waals surface area contributed by atoms with Crippen molar-refractivity contribution in [3.63, 3.8) is 0 Å². The fourth-order valence-electron chi connectivity index (χ4n) is 2.72. The van der Waals surface area contributed by atoms with Gasteiger partial charge >= 0.3 is 6.16 Å². The Morgan fingerprint density at radius 2 is 2.14 bits per heavy atom. The number of carbonyl (C=O) groups is 1. The van der Waals surface area contributed by atoms with Gasteiger partial charge in [0.05, 0.1) is 35.7 Å². The number of nitrogens with one attached hydrogen (secondary N) is 3. The van der Waals surface area contributed by atoms with Crippen molar-refractivity contribution in [3.8, 4) is 11.4 Å². The number of hydrogen-bond acceptors (Lipinski definition) is 7. The third kappa shape index (κ3) is 4.03. The standard InChI is InChI=1S/C19H22N6O3/c1-4-27-19(26)28-10-12-6-5-7-14(22-12)15-8-13-16(25(3)11-20)9-17(21-2)24-18(13)23-15/h5-9,11,20H,4,10H2,1-3H3,(H2,21,23,24). The molecule has 3 heterocycles. The Bertz CT molecular complexity index is 1000. The number of fused-ring (bicyclic) bond motifs is 1. The molecule has 0 radical (unpaired) electrons. The Balaban J connectivity index is 1.94. The molecule has 0 amide bonds. The summed E-state index contributed by atoms with van der Waals surface area (Å²) in [5, 5.41) is 11.4. The van der Waals surface area contributed by atoms with Gasteiger partial charge in [-0.3, -0.25) is 5.41 Å². The van der Waals surface area contributed by atoms with Crippen LogP contribution in [0.5, 0.6) is 0 Å². The highest BCUT2D eigenvalue weighted by Crippen LogP contribution is 2.31. The lowest BCUT2D eigenvalue weighted by atomic mass is 10.2. The molecule has 0 saturated heterocycles. The van der Waals surface area contributed by atoms with Gasteiger partial charge in [-0.05, 0) is 25.1 Å². The van der Waals surface area contributed by atoms with Crippen molar-refractivity contribution >= 4 is 35.0 Å². The Labute approximate surface area is 162 Å². The van der Waals surface area contributed by atoms with E-state index < -0.39 is 6.16 Å². The number of carbonyl (C=O) groups excluding carboxylic acids is 1. The van der Waals surface area contributed by atoms with Crippen LogP contribution in [0.3, 0.4) is 0 Å². The SMILES string of the molecule is CCOC(=O)OCc1cccc(-c2cc3c(N(C)C=N)cc(NC)nc3[nH]2)n1. The van der Waals surface area contributed by atoms with Crippen LogP contribution in [-0.4, -0.2) is 48.1 Å². The molecular formula is C19H22N6O3. The van der Waals surface area contributed by atoms with E-state index in [1.165, 1.54) is 6.34 Å². The molecule has 0 atom stereocenters. The van der Waals surface area contributed by atoms with Crippen LogP contribution in [0.2, 0.25) is 0 Å². The molecule has 0 aromatic carbocycles. The largest absolute Gasteiger partial charge is 0.508 e. The van der Waals surface area contributed by atoms with Crippen LogP contribution in [0.4, 0.5) is 16.3 Å². The van der Waals surface area contributed by atoms with Crippen LogP contribution < -0.4 is 10.2 Å². The predicted molar refractivity (Wildman–Crippen MR) is 108 cm³/mol. The first-order valence-electron chi connectivity index (χ1n) is 8.76. The van der Waals surface area contributed by atoms with Gasteiger partial charge in [0.1, 0.15) is 18.1 Å². The van der Waals surface area contributed by atoms with Crippen molar-refractivity contribution in [1.82, 2.24) is 15.0 Å². The van der Waals surface area contributed by atoms with Crippen molar-refractivity contribution in [2.45, 2.75) is 13.5 Å². The Morgan fingerprint density at radius 1 is 1.32 bits per heavy atom. The second-order valence-electron chi connectivity index (χ2n) is 5.95. The molecule has 3 rings (SSSR count). The first-order chi connectivity index (χ1) is 13.5. The minimum Gasteiger partial charge on any atom is -0.435 e. The van der Waals surface area contributed by atoms with E-state index in [0.29, 0.717) is 22.9 Å². The van der Waals surface area contributed by atoms with Crippen molar-refractivity contribution < 1.29 is 14.3 Å². The van der Waals surface area contributed by atoms with E-state index in [1.54, 1.807) is 32.0 Å². The lowest BCUT2D eigenvalue weighted by Crippen LogP contribution is -2.14. The molecule has 0 saturated carbocycles. The number of nitrogens with zero attached hydrogens (tertiary/aromatic N) is 3. The summed E-state index contributed by atoms with van der Waals surface area (Å²) < 4.78 is 9.78. The van der Waals surface area contributed by atoms with E-state index in [1.807, 2.05) is 24.3 Å². The van der Waals surface area contributed by atoms with Crippen LogP contribution >= 0.6 is 0 Å². The van der Waals surface area contributed by atoms with Gasteiger partial charge in [-0.25, -0.2) is 14.8 Å². The normalized spacial score (nSPS) is 10.5. The van der Waals surface area contributed by atoms with Crippen molar-refractivity contribution in [3.05, 3.63) is 36.0 Å². The third-order valence-electron chi connectivity index (χ3n) is 4.09. The maximum absolute atomic E-state index is 11.4. The lowest BCUT2D eigenvalue weighted by Gasteiger charge is -2.14. The second-order valence-corrected chi connectivity index (χ2v) is 5.95. The van der Waals surface area contributed by atoms with Gasteiger partial charge in [0.15, 0.2) is 0 Å². The van der Waals surface area contributed by atoms with E-state index in [9.17, 15) is 4.79 Å². The topological polar surface area (TPSA) is 116 Å². The number of H-pyrrole nitrogens is 1. The number of aromatic amines is 1. The van der Waals surface area contributed by atoms with Crippen LogP contribution in [-0.2, 0) is 16.1 Å². The molecule has 0 aliphatic carbocycles. The van der Waals surface area contributed by atoms with Gasteiger partial charge in [0.25, 0.3) is 0 Å². The summed E-state index contributed by atoms with van der Waals surface area (Å²) in [7, 11) is 3.60. The molecule has 9 heteroatoms.